The lowest BCUT2D eigenvalue weighted by Gasteiger charge is -2.13. The van der Waals surface area contributed by atoms with Crippen LogP contribution in [0.5, 0.6) is 0 Å². The molecule has 2 N–H and O–H groups in total. The van der Waals surface area contributed by atoms with Crippen molar-refractivity contribution in [3.05, 3.63) is 0 Å². The van der Waals surface area contributed by atoms with Crippen LogP contribution in [0.4, 0.5) is 0 Å². The third-order valence-electron chi connectivity index (χ3n) is 1.75. The first-order valence-electron chi connectivity index (χ1n) is 3.69. The Hall–Kier alpha value is -0.0900. The molecule has 1 amide bonds. The van der Waals surface area contributed by atoms with Gasteiger partial charge in [-0.25, -0.2) is 0 Å². The van der Waals surface area contributed by atoms with Gasteiger partial charge in [-0.1, -0.05) is 15.9 Å². The summed E-state index contributed by atoms with van der Waals surface area (Å²) in [6.45, 7) is 1.77. The number of hydrogen-bond acceptors (Lipinski definition) is 2. The zero-order valence-corrected chi connectivity index (χ0v) is 8.02. The highest BCUT2D eigenvalue weighted by Gasteiger charge is 2.47. The molecule has 64 valence electrons. The molecule has 4 heteroatoms. The molecule has 1 saturated carbocycles. The van der Waals surface area contributed by atoms with Crippen LogP contribution in [0.1, 0.15) is 19.8 Å². The summed E-state index contributed by atoms with van der Waals surface area (Å²) >= 11 is 3.32. The highest BCUT2D eigenvalue weighted by Crippen LogP contribution is 2.44. The van der Waals surface area contributed by atoms with Crippen molar-refractivity contribution >= 4 is 21.8 Å². The van der Waals surface area contributed by atoms with Crippen LogP contribution in [0.2, 0.25) is 0 Å². The minimum atomic E-state index is -0.309. The molecular weight excluding hydrogens is 210 g/mol. The Labute approximate surface area is 74.3 Å². The Morgan fingerprint density at radius 3 is 2.73 bits per heavy atom. The summed E-state index contributed by atoms with van der Waals surface area (Å²) < 4.78 is -0.309. The van der Waals surface area contributed by atoms with E-state index in [1.165, 1.54) is 0 Å². The van der Waals surface area contributed by atoms with Gasteiger partial charge < -0.3 is 10.4 Å². The fraction of sp³-hybridized carbons (Fsp3) is 0.857. The number of aliphatic hydroxyl groups is 1. The Morgan fingerprint density at radius 2 is 2.36 bits per heavy atom. The summed E-state index contributed by atoms with van der Waals surface area (Å²) in [5.41, 5.74) is 0. The quantitative estimate of drug-likeness (QED) is 0.679. The van der Waals surface area contributed by atoms with Crippen LogP contribution >= 0.6 is 15.9 Å². The van der Waals surface area contributed by atoms with Gasteiger partial charge >= 0.3 is 0 Å². The van der Waals surface area contributed by atoms with Crippen LogP contribution in [0.15, 0.2) is 0 Å². The second-order valence-electron chi connectivity index (χ2n) is 3.02. The van der Waals surface area contributed by atoms with Gasteiger partial charge in [0.05, 0.1) is 6.61 Å². The van der Waals surface area contributed by atoms with Crippen molar-refractivity contribution in [3.8, 4) is 0 Å². The number of rotatable bonds is 3. The van der Waals surface area contributed by atoms with Gasteiger partial charge in [-0.15, -0.1) is 0 Å². The van der Waals surface area contributed by atoms with Crippen molar-refractivity contribution in [3.63, 3.8) is 0 Å². The summed E-state index contributed by atoms with van der Waals surface area (Å²) in [6, 6.07) is -0.141. The first-order chi connectivity index (χ1) is 5.08. The largest absolute Gasteiger partial charge is 0.394 e. The lowest BCUT2D eigenvalue weighted by Crippen LogP contribution is -2.40. The average Bonchev–Trinajstić information content (AvgIpc) is 2.69. The van der Waals surface area contributed by atoms with E-state index in [2.05, 4.69) is 21.2 Å². The molecule has 0 heterocycles. The maximum Gasteiger partial charge on any atom is 0.237 e. The molecule has 1 fully saturated rings. The summed E-state index contributed by atoms with van der Waals surface area (Å²) in [5, 5.41) is 11.3. The number of carbonyl (C=O) groups excluding carboxylic acids is 1. The molecule has 1 aliphatic rings. The van der Waals surface area contributed by atoms with Gasteiger partial charge in [0.1, 0.15) is 4.32 Å². The molecule has 1 unspecified atom stereocenters. The van der Waals surface area contributed by atoms with E-state index in [0.29, 0.717) is 0 Å². The molecule has 0 bridgehead atoms. The SMILES string of the molecule is CC(CO)NC(=O)C1(Br)CC1. The minimum absolute atomic E-state index is 0.000880. The van der Waals surface area contributed by atoms with Crippen LogP contribution in [0.3, 0.4) is 0 Å². The standard InChI is InChI=1S/C7H12BrNO2/c1-5(4-10)9-6(11)7(8)2-3-7/h5,10H,2-4H2,1H3,(H,9,11). The fourth-order valence-electron chi connectivity index (χ4n) is 0.736. The van der Waals surface area contributed by atoms with Crippen LogP contribution in [0, 0.1) is 0 Å². The van der Waals surface area contributed by atoms with Gasteiger partial charge in [0.15, 0.2) is 0 Å². The molecule has 0 radical (unpaired) electrons. The van der Waals surface area contributed by atoms with Crippen LogP contribution < -0.4 is 5.32 Å². The van der Waals surface area contributed by atoms with Crippen LogP contribution in [0.25, 0.3) is 0 Å². The number of nitrogens with one attached hydrogen (secondary N) is 1. The van der Waals surface area contributed by atoms with Gasteiger partial charge in [0.2, 0.25) is 5.91 Å². The van der Waals surface area contributed by atoms with E-state index < -0.39 is 0 Å². The van der Waals surface area contributed by atoms with Crippen LogP contribution in [-0.2, 0) is 4.79 Å². The molecule has 0 aromatic rings. The fourth-order valence-corrected chi connectivity index (χ4v) is 1.05. The number of hydrogen-bond donors (Lipinski definition) is 2. The van der Waals surface area contributed by atoms with E-state index in [4.69, 9.17) is 5.11 Å². The van der Waals surface area contributed by atoms with E-state index in [-0.39, 0.29) is 22.9 Å². The van der Waals surface area contributed by atoms with E-state index in [9.17, 15) is 4.79 Å². The number of amides is 1. The summed E-state index contributed by atoms with van der Waals surface area (Å²) in [7, 11) is 0. The second-order valence-corrected chi connectivity index (χ2v) is 4.54. The van der Waals surface area contributed by atoms with Crippen molar-refractivity contribution in [1.29, 1.82) is 0 Å². The number of alkyl halides is 1. The Kier molecular flexibility index (Phi) is 2.54. The summed E-state index contributed by atoms with van der Waals surface area (Å²) in [6.07, 6.45) is 1.80. The molecule has 1 aliphatic carbocycles. The minimum Gasteiger partial charge on any atom is -0.394 e. The number of aliphatic hydroxyl groups excluding tert-OH is 1. The Morgan fingerprint density at radius 1 is 1.82 bits per heavy atom. The molecule has 0 saturated heterocycles. The topological polar surface area (TPSA) is 49.3 Å². The monoisotopic (exact) mass is 221 g/mol. The molecule has 11 heavy (non-hydrogen) atoms. The lowest BCUT2D eigenvalue weighted by molar-refractivity contribution is -0.121. The number of halogens is 1. The molecule has 0 aromatic heterocycles. The smallest absolute Gasteiger partial charge is 0.237 e. The predicted octanol–water partition coefficient (Wildman–Crippen LogP) is 0.411. The van der Waals surface area contributed by atoms with Crippen LogP contribution in [-0.4, -0.2) is 28.0 Å². The van der Waals surface area contributed by atoms with Gasteiger partial charge in [-0.2, -0.15) is 0 Å². The predicted molar refractivity (Wildman–Crippen MR) is 45.6 cm³/mol. The van der Waals surface area contributed by atoms with E-state index in [0.717, 1.165) is 12.8 Å². The third kappa shape index (κ3) is 2.17. The van der Waals surface area contributed by atoms with Crippen molar-refractivity contribution in [1.82, 2.24) is 5.32 Å². The molecule has 1 rings (SSSR count). The first-order valence-corrected chi connectivity index (χ1v) is 4.48. The summed E-state index contributed by atoms with van der Waals surface area (Å²) in [4.78, 5) is 11.2. The maximum atomic E-state index is 11.2. The molecular formula is C7H12BrNO2. The van der Waals surface area contributed by atoms with Gasteiger partial charge in [0.25, 0.3) is 0 Å². The Bertz CT molecular complexity index is 168. The molecule has 3 nitrogen and oxygen atoms in total. The van der Waals surface area contributed by atoms with Gasteiger partial charge in [-0.05, 0) is 19.8 Å². The highest BCUT2D eigenvalue weighted by molar-refractivity contribution is 9.10. The normalized spacial score (nSPS) is 22.5. The second kappa shape index (κ2) is 3.11. The summed E-state index contributed by atoms with van der Waals surface area (Å²) in [5.74, 6) is -0.000880. The zero-order chi connectivity index (χ0) is 8.48. The van der Waals surface area contributed by atoms with E-state index >= 15 is 0 Å². The van der Waals surface area contributed by atoms with Crippen molar-refractivity contribution in [2.75, 3.05) is 6.61 Å². The van der Waals surface area contributed by atoms with E-state index in [1.54, 1.807) is 6.92 Å². The molecule has 0 aromatic carbocycles. The maximum absolute atomic E-state index is 11.2. The zero-order valence-electron chi connectivity index (χ0n) is 6.43. The first kappa shape index (κ1) is 9.00. The Balaban J connectivity index is 2.32. The molecule has 1 atom stereocenters. The van der Waals surface area contributed by atoms with Crippen molar-refractivity contribution < 1.29 is 9.90 Å². The average molecular weight is 222 g/mol. The van der Waals surface area contributed by atoms with Crippen molar-refractivity contribution in [2.24, 2.45) is 0 Å². The van der Waals surface area contributed by atoms with Gasteiger partial charge in [0, 0.05) is 6.04 Å². The van der Waals surface area contributed by atoms with Crippen molar-refractivity contribution in [2.45, 2.75) is 30.1 Å². The third-order valence-corrected chi connectivity index (χ3v) is 2.90. The number of carbonyl (C=O) groups is 1. The van der Waals surface area contributed by atoms with Gasteiger partial charge in [-0.3, -0.25) is 4.79 Å². The lowest BCUT2D eigenvalue weighted by atomic mass is 10.3. The highest BCUT2D eigenvalue weighted by atomic mass is 79.9. The molecule has 0 spiro atoms. The van der Waals surface area contributed by atoms with E-state index in [1.807, 2.05) is 0 Å². The molecule has 0 aliphatic heterocycles.